The Morgan fingerprint density at radius 3 is 2.60 bits per heavy atom. The molecule has 1 aromatic carbocycles. The Morgan fingerprint density at radius 1 is 1.16 bits per heavy atom. The molecule has 1 saturated heterocycles. The summed E-state index contributed by atoms with van der Waals surface area (Å²) in [4.78, 5) is 27.5. The zero-order chi connectivity index (χ0) is 17.8. The summed E-state index contributed by atoms with van der Waals surface area (Å²) in [6.45, 7) is 3.51. The highest BCUT2D eigenvalue weighted by Crippen LogP contribution is 2.14. The Balaban J connectivity index is 1.52. The standard InChI is InChI=1S/C17H19ClN4O3/c18-14-3-1-2-13(10-14)11-20-6-8-21(9-7-20)16(23)12-22-15(17(24)25)4-5-19-22/h1-5,10H,6-9,11-12H2,(H,24,25). The lowest BCUT2D eigenvalue weighted by Gasteiger charge is -2.34. The summed E-state index contributed by atoms with van der Waals surface area (Å²) in [5, 5.41) is 13.7. The van der Waals surface area contributed by atoms with Crippen molar-refractivity contribution >= 4 is 23.5 Å². The maximum Gasteiger partial charge on any atom is 0.354 e. The van der Waals surface area contributed by atoms with E-state index in [0.717, 1.165) is 30.2 Å². The van der Waals surface area contributed by atoms with Gasteiger partial charge in [-0.2, -0.15) is 5.10 Å². The number of halogens is 1. The van der Waals surface area contributed by atoms with Gasteiger partial charge < -0.3 is 10.0 Å². The molecule has 2 heterocycles. The Hall–Kier alpha value is -2.38. The van der Waals surface area contributed by atoms with Crippen LogP contribution in [0.5, 0.6) is 0 Å². The number of carboxylic acid groups (broad SMARTS) is 1. The second-order valence-electron chi connectivity index (χ2n) is 5.97. The van der Waals surface area contributed by atoms with Crippen molar-refractivity contribution in [2.45, 2.75) is 13.1 Å². The van der Waals surface area contributed by atoms with Gasteiger partial charge in [0.25, 0.3) is 0 Å². The topological polar surface area (TPSA) is 78.7 Å². The molecule has 1 fully saturated rings. The van der Waals surface area contributed by atoms with E-state index < -0.39 is 5.97 Å². The number of piperazine rings is 1. The summed E-state index contributed by atoms with van der Waals surface area (Å²) in [5.41, 5.74) is 1.17. The second kappa shape index (κ2) is 7.67. The van der Waals surface area contributed by atoms with Crippen molar-refractivity contribution in [3.05, 3.63) is 52.8 Å². The van der Waals surface area contributed by atoms with Gasteiger partial charge in [0, 0.05) is 43.9 Å². The van der Waals surface area contributed by atoms with Crippen molar-refractivity contribution in [3.63, 3.8) is 0 Å². The molecule has 1 aliphatic rings. The molecule has 0 atom stereocenters. The molecule has 0 radical (unpaired) electrons. The Labute approximate surface area is 150 Å². The van der Waals surface area contributed by atoms with Crippen molar-refractivity contribution in [2.75, 3.05) is 26.2 Å². The van der Waals surface area contributed by atoms with Crippen LogP contribution in [0.3, 0.4) is 0 Å². The first kappa shape index (κ1) is 17.4. The largest absolute Gasteiger partial charge is 0.477 e. The van der Waals surface area contributed by atoms with Crippen LogP contribution >= 0.6 is 11.6 Å². The molecule has 0 spiro atoms. The number of amides is 1. The number of carbonyl (C=O) groups is 2. The van der Waals surface area contributed by atoms with E-state index in [1.54, 1.807) is 4.90 Å². The van der Waals surface area contributed by atoms with Gasteiger partial charge in [-0.05, 0) is 23.8 Å². The molecule has 0 saturated carbocycles. The summed E-state index contributed by atoms with van der Waals surface area (Å²) < 4.78 is 1.23. The molecule has 1 aliphatic heterocycles. The van der Waals surface area contributed by atoms with Gasteiger partial charge in [-0.25, -0.2) is 9.48 Å². The van der Waals surface area contributed by atoms with Gasteiger partial charge in [-0.15, -0.1) is 0 Å². The maximum absolute atomic E-state index is 12.4. The molecule has 7 nitrogen and oxygen atoms in total. The van der Waals surface area contributed by atoms with E-state index in [2.05, 4.69) is 10.00 Å². The van der Waals surface area contributed by atoms with Gasteiger partial charge >= 0.3 is 5.97 Å². The quantitative estimate of drug-likeness (QED) is 0.873. The van der Waals surface area contributed by atoms with Crippen LogP contribution in [0.1, 0.15) is 16.1 Å². The normalized spacial score (nSPS) is 15.3. The number of aromatic carboxylic acids is 1. The summed E-state index contributed by atoms with van der Waals surface area (Å²) in [6, 6.07) is 9.15. The first-order valence-electron chi connectivity index (χ1n) is 8.02. The monoisotopic (exact) mass is 362 g/mol. The molecule has 0 aliphatic carbocycles. The second-order valence-corrected chi connectivity index (χ2v) is 6.40. The molecular formula is C17H19ClN4O3. The lowest BCUT2D eigenvalue weighted by Crippen LogP contribution is -2.49. The number of benzene rings is 1. The van der Waals surface area contributed by atoms with Crippen molar-refractivity contribution in [2.24, 2.45) is 0 Å². The van der Waals surface area contributed by atoms with Crippen LogP contribution in [0.2, 0.25) is 5.02 Å². The molecule has 1 N–H and O–H groups in total. The summed E-state index contributed by atoms with van der Waals surface area (Å²) >= 11 is 6.01. The number of nitrogens with zero attached hydrogens (tertiary/aromatic N) is 4. The molecular weight excluding hydrogens is 344 g/mol. The summed E-state index contributed by atoms with van der Waals surface area (Å²) in [6.07, 6.45) is 1.39. The highest BCUT2D eigenvalue weighted by molar-refractivity contribution is 6.30. The lowest BCUT2D eigenvalue weighted by atomic mass is 10.2. The van der Waals surface area contributed by atoms with Gasteiger partial charge in [0.1, 0.15) is 12.2 Å². The molecule has 3 rings (SSSR count). The molecule has 1 amide bonds. The van der Waals surface area contributed by atoms with Crippen molar-refractivity contribution < 1.29 is 14.7 Å². The highest BCUT2D eigenvalue weighted by atomic mass is 35.5. The van der Waals surface area contributed by atoms with E-state index in [4.69, 9.17) is 16.7 Å². The number of carbonyl (C=O) groups excluding carboxylic acids is 1. The average molecular weight is 363 g/mol. The molecule has 0 bridgehead atoms. The average Bonchev–Trinajstić information content (AvgIpc) is 3.04. The zero-order valence-corrected chi connectivity index (χ0v) is 14.4. The number of hydrogen-bond acceptors (Lipinski definition) is 4. The molecule has 132 valence electrons. The van der Waals surface area contributed by atoms with E-state index in [-0.39, 0.29) is 18.1 Å². The minimum atomic E-state index is -1.09. The minimum Gasteiger partial charge on any atom is -0.477 e. The van der Waals surface area contributed by atoms with Gasteiger partial charge in [0.05, 0.1) is 0 Å². The zero-order valence-electron chi connectivity index (χ0n) is 13.6. The van der Waals surface area contributed by atoms with E-state index in [9.17, 15) is 9.59 Å². The van der Waals surface area contributed by atoms with Crippen molar-refractivity contribution in [1.29, 1.82) is 0 Å². The number of rotatable bonds is 5. The van der Waals surface area contributed by atoms with Crippen LogP contribution in [0.15, 0.2) is 36.5 Å². The van der Waals surface area contributed by atoms with E-state index >= 15 is 0 Å². The Bertz CT molecular complexity index is 769. The van der Waals surface area contributed by atoms with Gasteiger partial charge in [0.15, 0.2) is 0 Å². The highest BCUT2D eigenvalue weighted by Gasteiger charge is 2.22. The maximum atomic E-state index is 12.4. The number of aromatic nitrogens is 2. The van der Waals surface area contributed by atoms with Crippen LogP contribution in [-0.4, -0.2) is 62.7 Å². The summed E-state index contributed by atoms with van der Waals surface area (Å²) in [7, 11) is 0. The molecule has 0 unspecified atom stereocenters. The van der Waals surface area contributed by atoms with Crippen LogP contribution in [0.4, 0.5) is 0 Å². The Morgan fingerprint density at radius 2 is 1.92 bits per heavy atom. The lowest BCUT2D eigenvalue weighted by molar-refractivity contribution is -0.133. The van der Waals surface area contributed by atoms with Crippen molar-refractivity contribution in [3.8, 4) is 0 Å². The van der Waals surface area contributed by atoms with Crippen LogP contribution in [0.25, 0.3) is 0 Å². The SMILES string of the molecule is O=C(O)c1ccnn1CC(=O)N1CCN(Cc2cccc(Cl)c2)CC1. The predicted octanol–water partition coefficient (Wildman–Crippen LogP) is 1.58. The van der Waals surface area contributed by atoms with Gasteiger partial charge in [0.2, 0.25) is 5.91 Å². The predicted molar refractivity (Wildman–Crippen MR) is 92.5 cm³/mol. The number of carboxylic acids is 1. The molecule has 2 aromatic rings. The third kappa shape index (κ3) is 4.37. The fourth-order valence-electron chi connectivity index (χ4n) is 2.92. The first-order chi connectivity index (χ1) is 12.0. The minimum absolute atomic E-state index is 0.0212. The van der Waals surface area contributed by atoms with Gasteiger partial charge in [-0.1, -0.05) is 23.7 Å². The smallest absolute Gasteiger partial charge is 0.354 e. The molecule has 1 aromatic heterocycles. The van der Waals surface area contributed by atoms with E-state index in [1.807, 2.05) is 24.3 Å². The fraction of sp³-hybridized carbons (Fsp3) is 0.353. The first-order valence-corrected chi connectivity index (χ1v) is 8.40. The van der Waals surface area contributed by atoms with Crippen molar-refractivity contribution in [1.82, 2.24) is 19.6 Å². The van der Waals surface area contributed by atoms with Crippen LogP contribution < -0.4 is 0 Å². The van der Waals surface area contributed by atoms with Crippen LogP contribution in [-0.2, 0) is 17.9 Å². The fourth-order valence-corrected chi connectivity index (χ4v) is 3.13. The van der Waals surface area contributed by atoms with Gasteiger partial charge in [-0.3, -0.25) is 9.69 Å². The number of hydrogen-bond donors (Lipinski definition) is 1. The molecule has 25 heavy (non-hydrogen) atoms. The summed E-state index contributed by atoms with van der Waals surface area (Å²) in [5.74, 6) is -1.20. The van der Waals surface area contributed by atoms with Crippen LogP contribution in [0, 0.1) is 0 Å². The Kier molecular flexibility index (Phi) is 5.35. The molecule has 8 heteroatoms. The third-order valence-electron chi connectivity index (χ3n) is 4.24. The van der Waals surface area contributed by atoms with E-state index in [1.165, 1.54) is 16.9 Å². The van der Waals surface area contributed by atoms with E-state index in [0.29, 0.717) is 13.1 Å². The third-order valence-corrected chi connectivity index (χ3v) is 4.48.